The highest BCUT2D eigenvalue weighted by atomic mass is 16.6. The lowest BCUT2D eigenvalue weighted by Gasteiger charge is -2.07. The molecule has 0 aliphatic carbocycles. The van der Waals surface area contributed by atoms with Crippen molar-refractivity contribution in [2.75, 3.05) is 52.9 Å². The van der Waals surface area contributed by atoms with Gasteiger partial charge in [0.25, 0.3) is 0 Å². The molecule has 0 heterocycles. The van der Waals surface area contributed by atoms with Crippen LogP contribution in [0.15, 0.2) is 29.3 Å². The zero-order valence-corrected chi connectivity index (χ0v) is 13.3. The van der Waals surface area contributed by atoms with Crippen molar-refractivity contribution in [2.45, 2.75) is 0 Å². The maximum atomic E-state index is 11.7. The second kappa shape index (κ2) is 13.4. The van der Waals surface area contributed by atoms with Crippen LogP contribution in [-0.2, 0) is 23.7 Å². The summed E-state index contributed by atoms with van der Waals surface area (Å²) in [6.45, 7) is 2.36. The summed E-state index contributed by atoms with van der Waals surface area (Å²) in [5.74, 6) is -0.475. The Morgan fingerprint density at radius 3 is 2.00 bits per heavy atom. The Hall–Kier alpha value is -2.09. The van der Waals surface area contributed by atoms with E-state index in [1.54, 1.807) is 0 Å². The topological polar surface area (TPSA) is 104 Å². The van der Waals surface area contributed by atoms with Crippen LogP contribution in [0, 0.1) is 0 Å². The van der Waals surface area contributed by atoms with E-state index in [9.17, 15) is 9.59 Å². The quantitative estimate of drug-likeness (QED) is 0.246. The monoisotopic (exact) mass is 339 g/mol. The number of rotatable bonds is 13. The van der Waals surface area contributed by atoms with Gasteiger partial charge in [-0.25, -0.2) is 9.59 Å². The van der Waals surface area contributed by atoms with E-state index >= 15 is 0 Å². The number of hydrogen-bond donors (Lipinski definition) is 1. The fraction of sp³-hybridized carbons (Fsp3) is 0.500. The van der Waals surface area contributed by atoms with Gasteiger partial charge in [-0.3, -0.25) is 0 Å². The summed E-state index contributed by atoms with van der Waals surface area (Å²) < 4.78 is 20.6. The van der Waals surface area contributed by atoms with Gasteiger partial charge in [0.1, 0.15) is 6.61 Å². The maximum absolute atomic E-state index is 11.7. The second-order valence-corrected chi connectivity index (χ2v) is 4.45. The molecule has 8 nitrogen and oxygen atoms in total. The average molecular weight is 339 g/mol. The van der Waals surface area contributed by atoms with Gasteiger partial charge in [0.15, 0.2) is 0 Å². The van der Waals surface area contributed by atoms with Crippen LogP contribution in [0.25, 0.3) is 0 Å². The zero-order chi connectivity index (χ0) is 17.5. The van der Waals surface area contributed by atoms with Crippen molar-refractivity contribution in [3.8, 4) is 0 Å². The van der Waals surface area contributed by atoms with Gasteiger partial charge in [-0.15, -0.1) is 0 Å². The molecule has 0 saturated carbocycles. The van der Waals surface area contributed by atoms with Crippen molar-refractivity contribution >= 4 is 17.7 Å². The van der Waals surface area contributed by atoms with Crippen LogP contribution < -0.4 is 0 Å². The summed E-state index contributed by atoms with van der Waals surface area (Å²) in [5.41, 5.74) is 0.790. The Labute approximate surface area is 140 Å². The van der Waals surface area contributed by atoms with Gasteiger partial charge < -0.3 is 24.1 Å². The summed E-state index contributed by atoms with van der Waals surface area (Å²) >= 11 is 0. The van der Waals surface area contributed by atoms with E-state index in [0.29, 0.717) is 44.3 Å². The molecule has 0 aliphatic rings. The van der Waals surface area contributed by atoms with E-state index < -0.39 is 5.97 Å². The number of carbonyl (C=O) groups excluding carboxylic acids is 2. The van der Waals surface area contributed by atoms with Crippen molar-refractivity contribution in [3.63, 3.8) is 0 Å². The molecule has 8 heteroatoms. The van der Waals surface area contributed by atoms with E-state index in [1.807, 2.05) is 0 Å². The van der Waals surface area contributed by atoms with E-state index in [-0.39, 0.29) is 19.8 Å². The molecule has 1 rings (SSSR count). The van der Waals surface area contributed by atoms with Crippen LogP contribution in [0.3, 0.4) is 0 Å². The molecule has 24 heavy (non-hydrogen) atoms. The molecule has 132 valence electrons. The predicted molar refractivity (Wildman–Crippen MR) is 84.0 cm³/mol. The average Bonchev–Trinajstić information content (AvgIpc) is 2.60. The van der Waals surface area contributed by atoms with Crippen LogP contribution in [0.2, 0.25) is 0 Å². The lowest BCUT2D eigenvalue weighted by Crippen LogP contribution is -2.14. The van der Waals surface area contributed by atoms with E-state index in [2.05, 4.69) is 4.99 Å². The molecule has 0 bridgehead atoms. The second-order valence-electron chi connectivity index (χ2n) is 4.45. The zero-order valence-electron chi connectivity index (χ0n) is 13.3. The van der Waals surface area contributed by atoms with Crippen LogP contribution in [0.5, 0.6) is 0 Å². The van der Waals surface area contributed by atoms with Crippen molar-refractivity contribution in [2.24, 2.45) is 4.99 Å². The molecular formula is C16H21NO7. The number of hydrogen-bond acceptors (Lipinski definition) is 8. The first kappa shape index (κ1) is 20.0. The number of carbonyl (C=O) groups is 1. The summed E-state index contributed by atoms with van der Waals surface area (Å²) in [4.78, 5) is 25.3. The van der Waals surface area contributed by atoms with E-state index in [1.165, 1.54) is 30.3 Å². The molecule has 0 radical (unpaired) electrons. The Morgan fingerprint density at radius 1 is 0.917 bits per heavy atom. The molecule has 0 spiro atoms. The predicted octanol–water partition coefficient (Wildman–Crippen LogP) is 0.853. The third kappa shape index (κ3) is 9.14. The summed E-state index contributed by atoms with van der Waals surface area (Å²) in [6.07, 6.45) is 1.42. The Balaban J connectivity index is 2.02. The number of nitrogens with zero attached hydrogens (tertiary/aromatic N) is 1. The number of benzene rings is 1. The Kier molecular flexibility index (Phi) is 11.1. The van der Waals surface area contributed by atoms with Gasteiger partial charge in [-0.05, 0) is 24.3 Å². The van der Waals surface area contributed by atoms with Crippen molar-refractivity contribution in [1.29, 1.82) is 0 Å². The minimum absolute atomic E-state index is 0.00133. The molecule has 0 unspecified atom stereocenters. The van der Waals surface area contributed by atoms with Crippen molar-refractivity contribution < 1.29 is 33.6 Å². The maximum Gasteiger partial charge on any atom is 0.338 e. The number of aliphatic hydroxyl groups is 1. The minimum Gasteiger partial charge on any atom is -0.460 e. The smallest absolute Gasteiger partial charge is 0.338 e. The molecule has 0 aliphatic heterocycles. The highest BCUT2D eigenvalue weighted by Crippen LogP contribution is 2.12. The molecule has 0 fully saturated rings. The molecule has 0 amide bonds. The number of isocyanates is 1. The summed E-state index contributed by atoms with van der Waals surface area (Å²) in [5, 5.41) is 8.50. The molecule has 1 N–H and O–H groups in total. The minimum atomic E-state index is -0.475. The molecule has 0 aromatic heterocycles. The SMILES string of the molecule is O=C=Nc1ccc(C(=O)OCCOCCOCCOCCO)cc1. The lowest BCUT2D eigenvalue weighted by atomic mass is 10.2. The Bertz CT molecular complexity index is 512. The summed E-state index contributed by atoms with van der Waals surface area (Å²) in [6, 6.07) is 6.09. The summed E-state index contributed by atoms with van der Waals surface area (Å²) in [7, 11) is 0. The fourth-order valence-corrected chi connectivity index (χ4v) is 1.61. The molecule has 1 aromatic carbocycles. The largest absolute Gasteiger partial charge is 0.460 e. The normalized spacial score (nSPS) is 10.2. The van der Waals surface area contributed by atoms with Crippen LogP contribution in [0.4, 0.5) is 5.69 Å². The first-order valence-electron chi connectivity index (χ1n) is 7.47. The highest BCUT2D eigenvalue weighted by Gasteiger charge is 2.06. The molecular weight excluding hydrogens is 318 g/mol. The van der Waals surface area contributed by atoms with Crippen LogP contribution in [-0.4, -0.2) is 70.0 Å². The number of aliphatic imine (C=N–C) groups is 1. The number of ether oxygens (including phenoxy) is 4. The van der Waals surface area contributed by atoms with Gasteiger partial charge in [0.05, 0.1) is 57.5 Å². The Morgan fingerprint density at radius 2 is 1.46 bits per heavy atom. The van der Waals surface area contributed by atoms with Crippen molar-refractivity contribution in [3.05, 3.63) is 29.8 Å². The van der Waals surface area contributed by atoms with Crippen molar-refractivity contribution in [1.82, 2.24) is 0 Å². The highest BCUT2D eigenvalue weighted by molar-refractivity contribution is 5.89. The number of aliphatic hydroxyl groups excluding tert-OH is 1. The van der Waals surface area contributed by atoms with Gasteiger partial charge in [-0.1, -0.05) is 0 Å². The third-order valence-corrected chi connectivity index (χ3v) is 2.72. The molecule has 0 saturated heterocycles. The van der Waals surface area contributed by atoms with Gasteiger partial charge >= 0.3 is 5.97 Å². The number of esters is 1. The molecule has 0 atom stereocenters. The third-order valence-electron chi connectivity index (χ3n) is 2.72. The van der Waals surface area contributed by atoms with E-state index in [0.717, 1.165) is 0 Å². The van der Waals surface area contributed by atoms with Gasteiger partial charge in [0, 0.05) is 0 Å². The first-order valence-corrected chi connectivity index (χ1v) is 7.47. The lowest BCUT2D eigenvalue weighted by molar-refractivity contribution is -0.00313. The van der Waals surface area contributed by atoms with E-state index in [4.69, 9.17) is 24.1 Å². The molecule has 1 aromatic rings. The van der Waals surface area contributed by atoms with Gasteiger partial charge in [-0.2, -0.15) is 4.99 Å². The van der Waals surface area contributed by atoms with Crippen LogP contribution in [0.1, 0.15) is 10.4 Å². The van der Waals surface area contributed by atoms with Crippen LogP contribution >= 0.6 is 0 Å². The fourth-order valence-electron chi connectivity index (χ4n) is 1.61. The van der Waals surface area contributed by atoms with Gasteiger partial charge in [0.2, 0.25) is 6.08 Å². The standard InChI is InChI=1S/C16H21NO7/c18-5-6-21-7-8-22-9-10-23-11-12-24-16(20)14-1-3-15(4-2-14)17-13-19/h1-4,18H,5-12H2. The first-order chi connectivity index (χ1) is 11.8.